The van der Waals surface area contributed by atoms with Gasteiger partial charge in [-0.25, -0.2) is 14.4 Å². The van der Waals surface area contributed by atoms with Crippen LogP contribution in [0.3, 0.4) is 0 Å². The Morgan fingerprint density at radius 2 is 1.38 bits per heavy atom. The molecule has 5 rings (SSSR count). The largest absolute Gasteiger partial charge is 0.489 e. The van der Waals surface area contributed by atoms with Crippen LogP contribution in [0.1, 0.15) is 75.0 Å². The highest BCUT2D eigenvalue weighted by Gasteiger charge is 2.26. The second-order valence-electron chi connectivity index (χ2n) is 13.9. The van der Waals surface area contributed by atoms with Crippen LogP contribution in [-0.2, 0) is 9.53 Å². The zero-order valence-corrected chi connectivity index (χ0v) is 31.2. The Balaban J connectivity index is 1.35. The number of hydrogen-bond acceptors (Lipinski definition) is 10. The first-order valence-electron chi connectivity index (χ1n) is 17.6. The number of allylic oxidation sites excluding steroid dienone is 9. The fourth-order valence-corrected chi connectivity index (χ4v) is 6.35. The van der Waals surface area contributed by atoms with E-state index in [4.69, 9.17) is 23.0 Å². The molecule has 0 amide bonds. The highest BCUT2D eigenvalue weighted by molar-refractivity contribution is 5.90. The zero-order chi connectivity index (χ0) is 39.9. The number of carboxylic acids is 2. The first-order valence-corrected chi connectivity index (χ1v) is 17.6. The summed E-state index contributed by atoms with van der Waals surface area (Å²) in [5, 5.41) is 18.6. The number of rotatable bonds is 14. The number of fused-ring (bicyclic) bond motifs is 2. The standard InChI is InChI=1S/C43H42O12/c1-25(17-18-29-27(3)12-9-19-43(29,4)5)10-6-11-26(2)20-38(46)53-28(23-51-32-13-7-15-34-39(32)30(44)21-36(54-34)41(47)48)24-52-33-14-8-16-35-40(33)31(45)22-37(55-35)42(49)50/h6-8,10-11,13-18,20-22,28H,9,12,19,23-24H2,1-5H3,(H,47,48)(H,49,50)/b11-6+,18-17+,25-10+,26-20+. The number of carbonyl (C=O) groups is 3. The Kier molecular flexibility index (Phi) is 12.4. The molecular weight excluding hydrogens is 708 g/mol. The molecule has 0 fully saturated rings. The molecule has 1 aliphatic carbocycles. The van der Waals surface area contributed by atoms with E-state index < -0.39 is 46.4 Å². The van der Waals surface area contributed by atoms with Gasteiger partial charge in [0.1, 0.15) is 46.7 Å². The molecule has 0 atom stereocenters. The van der Waals surface area contributed by atoms with Crippen molar-refractivity contribution in [2.24, 2.45) is 5.41 Å². The topological polar surface area (TPSA) is 180 Å². The van der Waals surface area contributed by atoms with Crippen LogP contribution in [0, 0.1) is 5.41 Å². The summed E-state index contributed by atoms with van der Waals surface area (Å²) in [6, 6.07) is 10.5. The van der Waals surface area contributed by atoms with Crippen molar-refractivity contribution in [1.82, 2.24) is 0 Å². The number of hydrogen-bond donors (Lipinski definition) is 2. The van der Waals surface area contributed by atoms with Gasteiger partial charge in [-0.05, 0) is 80.9 Å². The van der Waals surface area contributed by atoms with Crippen molar-refractivity contribution >= 4 is 39.8 Å². The molecular formula is C43H42O12. The van der Waals surface area contributed by atoms with Crippen LogP contribution in [0.15, 0.2) is 126 Å². The minimum absolute atomic E-state index is 0.0206. The Morgan fingerprint density at radius 1 is 0.836 bits per heavy atom. The number of carbonyl (C=O) groups excluding carboxylic acids is 1. The van der Waals surface area contributed by atoms with Crippen LogP contribution in [0.25, 0.3) is 21.9 Å². The highest BCUT2D eigenvalue weighted by atomic mass is 16.6. The lowest BCUT2D eigenvalue weighted by atomic mass is 9.72. The van der Waals surface area contributed by atoms with E-state index in [1.165, 1.54) is 60.0 Å². The molecule has 0 radical (unpaired) electrons. The summed E-state index contributed by atoms with van der Waals surface area (Å²) >= 11 is 0. The van der Waals surface area contributed by atoms with Gasteiger partial charge in [-0.15, -0.1) is 0 Å². The smallest absolute Gasteiger partial charge is 0.371 e. The van der Waals surface area contributed by atoms with Gasteiger partial charge in [-0.1, -0.05) is 67.5 Å². The third-order valence-corrected chi connectivity index (χ3v) is 9.11. The Labute approximate surface area is 316 Å². The summed E-state index contributed by atoms with van der Waals surface area (Å²) in [7, 11) is 0. The third-order valence-electron chi connectivity index (χ3n) is 9.11. The van der Waals surface area contributed by atoms with Crippen LogP contribution in [-0.4, -0.2) is 47.4 Å². The molecule has 12 heteroatoms. The number of benzene rings is 2. The van der Waals surface area contributed by atoms with E-state index in [0.29, 0.717) is 5.57 Å². The van der Waals surface area contributed by atoms with Gasteiger partial charge in [0, 0.05) is 18.2 Å². The van der Waals surface area contributed by atoms with Crippen molar-refractivity contribution in [3.63, 3.8) is 0 Å². The molecule has 55 heavy (non-hydrogen) atoms. The molecule has 0 aliphatic heterocycles. The molecule has 12 nitrogen and oxygen atoms in total. The fraction of sp³-hybridized carbons (Fsp3) is 0.279. The molecule has 0 unspecified atom stereocenters. The molecule has 0 saturated heterocycles. The van der Waals surface area contributed by atoms with Crippen LogP contribution in [0.5, 0.6) is 11.5 Å². The maximum Gasteiger partial charge on any atom is 0.371 e. The predicted octanol–water partition coefficient (Wildman–Crippen LogP) is 8.20. The molecule has 1 aliphatic rings. The lowest BCUT2D eigenvalue weighted by Crippen LogP contribution is -2.31. The molecule has 286 valence electrons. The maximum absolute atomic E-state index is 13.2. The molecule has 2 aromatic carbocycles. The van der Waals surface area contributed by atoms with Crippen molar-refractivity contribution < 1.29 is 47.6 Å². The quantitative estimate of drug-likeness (QED) is 0.0718. The lowest BCUT2D eigenvalue weighted by molar-refractivity contribution is -0.146. The molecule has 2 aromatic heterocycles. The van der Waals surface area contributed by atoms with E-state index in [-0.39, 0.29) is 52.1 Å². The van der Waals surface area contributed by atoms with Crippen LogP contribution in [0.4, 0.5) is 0 Å². The molecule has 0 spiro atoms. The Morgan fingerprint density at radius 3 is 1.89 bits per heavy atom. The molecule has 0 saturated carbocycles. The van der Waals surface area contributed by atoms with Gasteiger partial charge in [0.15, 0.2) is 17.0 Å². The van der Waals surface area contributed by atoms with E-state index >= 15 is 0 Å². The summed E-state index contributed by atoms with van der Waals surface area (Å²) in [6.07, 6.45) is 13.4. The van der Waals surface area contributed by atoms with Crippen molar-refractivity contribution in [2.75, 3.05) is 13.2 Å². The fourth-order valence-electron chi connectivity index (χ4n) is 6.35. The highest BCUT2D eigenvalue weighted by Crippen LogP contribution is 2.40. The number of esters is 1. The number of ether oxygens (including phenoxy) is 3. The average Bonchev–Trinajstić information content (AvgIpc) is 3.11. The van der Waals surface area contributed by atoms with E-state index in [9.17, 15) is 34.2 Å². The van der Waals surface area contributed by atoms with Gasteiger partial charge < -0.3 is 33.3 Å². The van der Waals surface area contributed by atoms with Crippen LogP contribution < -0.4 is 20.3 Å². The second kappa shape index (κ2) is 17.1. The van der Waals surface area contributed by atoms with Gasteiger partial charge >= 0.3 is 17.9 Å². The maximum atomic E-state index is 13.2. The van der Waals surface area contributed by atoms with Gasteiger partial charge in [-0.2, -0.15) is 0 Å². The minimum atomic E-state index is -1.41. The van der Waals surface area contributed by atoms with Crippen molar-refractivity contribution in [3.8, 4) is 11.5 Å². The predicted molar refractivity (Wildman–Crippen MR) is 206 cm³/mol. The van der Waals surface area contributed by atoms with Gasteiger partial charge in [0.05, 0.1) is 0 Å². The SMILES string of the molecule is CC1=C(/C=C/C(C)=C/C=C/C(C)=C/C(=O)OC(COc2cccc3oc(C(=O)O)cc(=O)c23)COc2cccc3oc(C(=O)O)cc(=O)c23)C(C)(C)CCC1. The van der Waals surface area contributed by atoms with Gasteiger partial charge in [-0.3, -0.25) is 9.59 Å². The normalized spacial score (nSPS) is 15.0. The van der Waals surface area contributed by atoms with E-state index in [2.05, 4.69) is 32.9 Å². The molecule has 2 N–H and O–H groups in total. The van der Waals surface area contributed by atoms with Crippen molar-refractivity contribution in [1.29, 1.82) is 0 Å². The summed E-state index contributed by atoms with van der Waals surface area (Å²) < 4.78 is 28.3. The van der Waals surface area contributed by atoms with Gasteiger partial charge in [0.25, 0.3) is 0 Å². The Hall–Kier alpha value is -6.43. The summed E-state index contributed by atoms with van der Waals surface area (Å²) in [6.45, 7) is 9.79. The zero-order valence-electron chi connectivity index (χ0n) is 31.2. The second-order valence-corrected chi connectivity index (χ2v) is 13.9. The van der Waals surface area contributed by atoms with Crippen LogP contribution >= 0.6 is 0 Å². The summed E-state index contributed by atoms with van der Waals surface area (Å²) in [4.78, 5) is 61.7. The third kappa shape index (κ3) is 9.96. The van der Waals surface area contributed by atoms with Crippen molar-refractivity contribution in [2.45, 2.75) is 60.0 Å². The van der Waals surface area contributed by atoms with Crippen molar-refractivity contribution in [3.05, 3.63) is 139 Å². The number of aromatic carboxylic acids is 2. The average molecular weight is 751 g/mol. The van der Waals surface area contributed by atoms with E-state index in [0.717, 1.165) is 30.5 Å². The Bertz CT molecular complexity index is 2300. The summed E-state index contributed by atoms with van der Waals surface area (Å²) in [5.74, 6) is -4.55. The first-order chi connectivity index (χ1) is 26.1. The molecule has 0 bridgehead atoms. The van der Waals surface area contributed by atoms with E-state index in [1.807, 2.05) is 19.1 Å². The van der Waals surface area contributed by atoms with E-state index in [1.54, 1.807) is 13.0 Å². The minimum Gasteiger partial charge on any atom is -0.489 e. The van der Waals surface area contributed by atoms with Crippen LogP contribution in [0.2, 0.25) is 0 Å². The summed E-state index contributed by atoms with van der Waals surface area (Å²) in [5.41, 5.74) is 3.18. The number of carboxylic acid groups (broad SMARTS) is 2. The lowest BCUT2D eigenvalue weighted by Gasteiger charge is -2.32. The van der Waals surface area contributed by atoms with Gasteiger partial charge in [0.2, 0.25) is 11.5 Å². The molecule has 4 aromatic rings. The first kappa shape index (κ1) is 39.8. The monoisotopic (exact) mass is 750 g/mol. The molecule has 2 heterocycles.